The van der Waals surface area contributed by atoms with Gasteiger partial charge in [0.1, 0.15) is 6.04 Å². The standard InChI is InChI=1S/C13H18N2O3/c1-2-8-14-11(13(17)18)9-12(16)15-10-6-4-3-5-7-10/h3-7,11,14H,2,8-9H2,1H3,(H,15,16)(H,17,18)/t11-/m0/s1. The average molecular weight is 250 g/mol. The van der Waals surface area contributed by atoms with Gasteiger partial charge in [0, 0.05) is 5.69 Å². The largest absolute Gasteiger partial charge is 0.544 e. The summed E-state index contributed by atoms with van der Waals surface area (Å²) in [5.41, 5.74) is 0.662. The van der Waals surface area contributed by atoms with Gasteiger partial charge in [-0.3, -0.25) is 4.79 Å². The van der Waals surface area contributed by atoms with Crippen molar-refractivity contribution < 1.29 is 20.0 Å². The Hall–Kier alpha value is -1.88. The number of aliphatic carboxylic acids is 1. The molecule has 18 heavy (non-hydrogen) atoms. The lowest BCUT2D eigenvalue weighted by Crippen LogP contribution is -2.93. The third-order valence-corrected chi connectivity index (χ3v) is 2.51. The molecule has 0 saturated carbocycles. The number of carboxylic acid groups (broad SMARTS) is 1. The van der Waals surface area contributed by atoms with Gasteiger partial charge in [0.2, 0.25) is 5.91 Å². The number of amides is 1. The highest BCUT2D eigenvalue weighted by Gasteiger charge is 2.17. The Labute approximate surface area is 106 Å². The summed E-state index contributed by atoms with van der Waals surface area (Å²) < 4.78 is 0. The van der Waals surface area contributed by atoms with Crippen molar-refractivity contribution in [3.8, 4) is 0 Å². The molecule has 0 aromatic heterocycles. The molecule has 3 N–H and O–H groups in total. The van der Waals surface area contributed by atoms with Crippen LogP contribution in [0, 0.1) is 0 Å². The van der Waals surface area contributed by atoms with Gasteiger partial charge in [-0.2, -0.15) is 0 Å². The predicted molar refractivity (Wildman–Crippen MR) is 65.6 cm³/mol. The van der Waals surface area contributed by atoms with Gasteiger partial charge in [0.15, 0.2) is 0 Å². The molecular formula is C13H18N2O3. The number of quaternary nitrogens is 1. The molecule has 0 bridgehead atoms. The highest BCUT2D eigenvalue weighted by Crippen LogP contribution is 2.05. The van der Waals surface area contributed by atoms with Crippen LogP contribution in [0.1, 0.15) is 19.8 Å². The molecule has 98 valence electrons. The summed E-state index contributed by atoms with van der Waals surface area (Å²) >= 11 is 0. The molecule has 5 nitrogen and oxygen atoms in total. The molecule has 1 aromatic rings. The summed E-state index contributed by atoms with van der Waals surface area (Å²) in [6.07, 6.45) is 0.765. The van der Waals surface area contributed by atoms with E-state index in [-0.39, 0.29) is 12.3 Å². The number of hydrogen-bond acceptors (Lipinski definition) is 3. The number of benzene rings is 1. The molecular weight excluding hydrogens is 232 g/mol. The molecule has 0 aliphatic heterocycles. The van der Waals surface area contributed by atoms with Crippen LogP contribution in [0.15, 0.2) is 30.3 Å². The van der Waals surface area contributed by atoms with Crippen molar-refractivity contribution in [3.63, 3.8) is 0 Å². The average Bonchev–Trinajstić information content (AvgIpc) is 2.35. The maximum Gasteiger partial charge on any atom is 0.230 e. The van der Waals surface area contributed by atoms with Gasteiger partial charge in [-0.25, -0.2) is 0 Å². The second-order valence-corrected chi connectivity index (χ2v) is 4.07. The van der Waals surface area contributed by atoms with Gasteiger partial charge < -0.3 is 20.5 Å². The van der Waals surface area contributed by atoms with E-state index in [1.165, 1.54) is 0 Å². The molecule has 0 unspecified atom stereocenters. The van der Waals surface area contributed by atoms with Gasteiger partial charge in [-0.1, -0.05) is 25.1 Å². The van der Waals surface area contributed by atoms with Crippen LogP contribution in [-0.2, 0) is 9.59 Å². The molecule has 0 aliphatic carbocycles. The summed E-state index contributed by atoms with van der Waals surface area (Å²) in [5, 5.41) is 15.1. The molecule has 1 atom stereocenters. The van der Waals surface area contributed by atoms with Crippen LogP contribution in [0.4, 0.5) is 5.69 Å². The summed E-state index contributed by atoms with van der Waals surface area (Å²) in [6, 6.07) is 8.12. The molecule has 0 aliphatic rings. The maximum atomic E-state index is 11.7. The fourth-order valence-electron chi connectivity index (χ4n) is 1.56. The fraction of sp³-hybridized carbons (Fsp3) is 0.385. The topological polar surface area (TPSA) is 85.8 Å². The zero-order valence-electron chi connectivity index (χ0n) is 10.4. The first-order valence-electron chi connectivity index (χ1n) is 6.02. The number of nitrogens with two attached hydrogens (primary N) is 1. The van der Waals surface area contributed by atoms with Crippen molar-refractivity contribution in [2.75, 3.05) is 11.9 Å². The van der Waals surface area contributed by atoms with E-state index >= 15 is 0 Å². The Bertz CT molecular complexity index is 392. The lowest BCUT2D eigenvalue weighted by Gasteiger charge is -2.15. The summed E-state index contributed by atoms with van der Waals surface area (Å²) in [4.78, 5) is 22.5. The van der Waals surface area contributed by atoms with Crippen molar-refractivity contribution in [2.24, 2.45) is 0 Å². The number of rotatable bonds is 7. The molecule has 0 heterocycles. The first kappa shape index (κ1) is 14.2. The van der Waals surface area contributed by atoms with Gasteiger partial charge in [-0.05, 0) is 18.6 Å². The molecule has 0 radical (unpaired) electrons. The third-order valence-electron chi connectivity index (χ3n) is 2.51. The van der Waals surface area contributed by atoms with E-state index in [2.05, 4.69) is 5.32 Å². The number of anilines is 1. The second-order valence-electron chi connectivity index (χ2n) is 4.07. The van der Waals surface area contributed by atoms with Gasteiger partial charge in [-0.15, -0.1) is 0 Å². The third kappa shape index (κ3) is 4.97. The van der Waals surface area contributed by atoms with Crippen molar-refractivity contribution in [1.29, 1.82) is 0 Å². The Kier molecular flexibility index (Phi) is 5.87. The summed E-state index contributed by atoms with van der Waals surface area (Å²) in [7, 11) is 0. The van der Waals surface area contributed by atoms with Crippen LogP contribution in [0.2, 0.25) is 0 Å². The second kappa shape index (κ2) is 7.45. The van der Waals surface area contributed by atoms with Crippen LogP contribution in [0.5, 0.6) is 0 Å². The zero-order chi connectivity index (χ0) is 13.4. The minimum Gasteiger partial charge on any atom is -0.544 e. The number of nitrogens with one attached hydrogen (secondary N) is 1. The van der Waals surface area contributed by atoms with E-state index in [1.807, 2.05) is 13.0 Å². The summed E-state index contributed by atoms with van der Waals surface area (Å²) in [6.45, 7) is 2.62. The van der Waals surface area contributed by atoms with E-state index in [1.54, 1.807) is 29.6 Å². The minimum atomic E-state index is -1.20. The van der Waals surface area contributed by atoms with E-state index in [4.69, 9.17) is 0 Å². The molecule has 0 spiro atoms. The first-order valence-corrected chi connectivity index (χ1v) is 6.02. The van der Waals surface area contributed by atoms with E-state index in [9.17, 15) is 14.7 Å². The Morgan fingerprint density at radius 2 is 2.00 bits per heavy atom. The molecule has 0 saturated heterocycles. The van der Waals surface area contributed by atoms with Gasteiger partial charge in [0.25, 0.3) is 0 Å². The summed E-state index contributed by atoms with van der Waals surface area (Å²) in [5.74, 6) is -1.52. The Morgan fingerprint density at radius 3 is 2.56 bits per heavy atom. The Balaban J connectivity index is 2.48. The van der Waals surface area contributed by atoms with Crippen LogP contribution in [0.25, 0.3) is 0 Å². The molecule has 0 fully saturated rings. The number of hydrogen-bond donors (Lipinski definition) is 2. The lowest BCUT2D eigenvalue weighted by molar-refractivity contribution is -0.682. The van der Waals surface area contributed by atoms with E-state index in [0.29, 0.717) is 12.2 Å². The SMILES string of the molecule is CCC[NH2+][C@@H](CC(=O)Nc1ccccc1)C(=O)[O-]. The van der Waals surface area contributed by atoms with Crippen LogP contribution >= 0.6 is 0 Å². The van der Waals surface area contributed by atoms with Crippen LogP contribution in [-0.4, -0.2) is 24.5 Å². The smallest absolute Gasteiger partial charge is 0.230 e. The molecule has 5 heteroatoms. The molecule has 1 aromatic carbocycles. The van der Waals surface area contributed by atoms with Gasteiger partial charge in [0.05, 0.1) is 18.9 Å². The predicted octanol–water partition coefficient (Wildman–Crippen LogP) is -0.893. The van der Waals surface area contributed by atoms with Crippen molar-refractivity contribution in [3.05, 3.63) is 30.3 Å². The van der Waals surface area contributed by atoms with Gasteiger partial charge >= 0.3 is 0 Å². The van der Waals surface area contributed by atoms with Crippen molar-refractivity contribution in [2.45, 2.75) is 25.8 Å². The normalized spacial score (nSPS) is 11.8. The minimum absolute atomic E-state index is 0.0861. The highest BCUT2D eigenvalue weighted by atomic mass is 16.4. The zero-order valence-corrected chi connectivity index (χ0v) is 10.4. The van der Waals surface area contributed by atoms with Crippen molar-refractivity contribution in [1.82, 2.24) is 0 Å². The monoisotopic (exact) mass is 250 g/mol. The molecule has 1 rings (SSSR count). The quantitative estimate of drug-likeness (QED) is 0.658. The van der Waals surface area contributed by atoms with Crippen LogP contribution in [0.3, 0.4) is 0 Å². The number of para-hydroxylation sites is 1. The number of carboxylic acids is 1. The van der Waals surface area contributed by atoms with Crippen molar-refractivity contribution >= 4 is 17.6 Å². The molecule has 1 amide bonds. The lowest BCUT2D eigenvalue weighted by atomic mass is 10.2. The highest BCUT2D eigenvalue weighted by molar-refractivity contribution is 5.93. The number of carbonyl (C=O) groups excluding carboxylic acids is 2. The maximum absolute atomic E-state index is 11.7. The Morgan fingerprint density at radius 1 is 1.33 bits per heavy atom. The van der Waals surface area contributed by atoms with E-state index in [0.717, 1.165) is 6.42 Å². The van der Waals surface area contributed by atoms with Crippen LogP contribution < -0.4 is 15.7 Å². The van der Waals surface area contributed by atoms with E-state index < -0.39 is 12.0 Å². The fourth-order valence-corrected chi connectivity index (χ4v) is 1.56. The number of carbonyl (C=O) groups is 2. The first-order chi connectivity index (χ1) is 8.63.